The van der Waals surface area contributed by atoms with Crippen molar-refractivity contribution in [3.63, 3.8) is 0 Å². The van der Waals surface area contributed by atoms with Crippen molar-refractivity contribution < 1.29 is 18.3 Å². The number of rotatable bonds is 3. The normalized spacial score (nSPS) is 24.2. The van der Waals surface area contributed by atoms with Crippen LogP contribution in [0.25, 0.3) is 0 Å². The number of nitrogens with zero attached hydrogens (tertiary/aromatic N) is 1. The van der Waals surface area contributed by atoms with Crippen molar-refractivity contribution in [3.05, 3.63) is 23.9 Å². The first-order valence-corrected chi connectivity index (χ1v) is 6.40. The van der Waals surface area contributed by atoms with E-state index in [1.165, 1.54) is 0 Å². The van der Waals surface area contributed by atoms with E-state index in [9.17, 15) is 18.3 Å². The van der Waals surface area contributed by atoms with Crippen LogP contribution in [-0.2, 0) is 6.18 Å². The largest absolute Gasteiger partial charge is 0.416 e. The predicted octanol–water partition coefficient (Wildman–Crippen LogP) is 3.06. The Bertz CT molecular complexity index is 415. The summed E-state index contributed by atoms with van der Waals surface area (Å²) in [5.41, 5.74) is -0.691. The molecule has 0 amide bonds. The van der Waals surface area contributed by atoms with Crippen LogP contribution in [0.4, 0.5) is 19.0 Å². The summed E-state index contributed by atoms with van der Waals surface area (Å²) in [7, 11) is 0. The molecule has 2 N–H and O–H groups in total. The molecule has 1 saturated carbocycles. The number of hydrogen-bond donors (Lipinski definition) is 2. The molecular formula is C13H17F3N2O. The molecule has 1 aliphatic rings. The second-order valence-corrected chi connectivity index (χ2v) is 4.98. The van der Waals surface area contributed by atoms with Crippen LogP contribution in [-0.4, -0.2) is 22.7 Å². The van der Waals surface area contributed by atoms with Gasteiger partial charge in [-0.15, -0.1) is 0 Å². The van der Waals surface area contributed by atoms with Crippen molar-refractivity contribution in [2.75, 3.05) is 11.9 Å². The van der Waals surface area contributed by atoms with Gasteiger partial charge < -0.3 is 10.4 Å². The first-order valence-electron chi connectivity index (χ1n) is 6.40. The van der Waals surface area contributed by atoms with Gasteiger partial charge in [0.1, 0.15) is 5.82 Å². The van der Waals surface area contributed by atoms with Crippen LogP contribution < -0.4 is 5.32 Å². The average Bonchev–Trinajstić information content (AvgIpc) is 2.37. The molecule has 3 nitrogen and oxygen atoms in total. The van der Waals surface area contributed by atoms with E-state index in [1.54, 1.807) is 0 Å². The minimum absolute atomic E-state index is 0.220. The highest BCUT2D eigenvalue weighted by molar-refractivity contribution is 5.38. The number of aliphatic hydroxyl groups excluding tert-OH is 1. The van der Waals surface area contributed by atoms with Gasteiger partial charge in [-0.05, 0) is 43.7 Å². The van der Waals surface area contributed by atoms with E-state index in [-0.39, 0.29) is 11.9 Å². The minimum atomic E-state index is -4.34. The Morgan fingerprint density at radius 3 is 2.58 bits per heavy atom. The Labute approximate surface area is 109 Å². The van der Waals surface area contributed by atoms with E-state index in [0.29, 0.717) is 12.5 Å². The lowest BCUT2D eigenvalue weighted by Gasteiger charge is -2.25. The average molecular weight is 274 g/mol. The zero-order valence-corrected chi connectivity index (χ0v) is 10.5. The van der Waals surface area contributed by atoms with Crippen LogP contribution in [0.3, 0.4) is 0 Å². The second kappa shape index (κ2) is 5.77. The van der Waals surface area contributed by atoms with E-state index in [1.807, 2.05) is 0 Å². The Balaban J connectivity index is 1.89. The number of hydrogen-bond acceptors (Lipinski definition) is 3. The van der Waals surface area contributed by atoms with Crippen molar-refractivity contribution >= 4 is 5.82 Å². The fraction of sp³-hybridized carbons (Fsp3) is 0.615. The first kappa shape index (κ1) is 14.1. The highest BCUT2D eigenvalue weighted by Gasteiger charge is 2.30. The van der Waals surface area contributed by atoms with Crippen LogP contribution in [0.1, 0.15) is 31.2 Å². The number of halogens is 3. The smallest absolute Gasteiger partial charge is 0.393 e. The van der Waals surface area contributed by atoms with Crippen LogP contribution in [0.15, 0.2) is 18.3 Å². The zero-order valence-electron chi connectivity index (χ0n) is 10.5. The maximum Gasteiger partial charge on any atom is 0.416 e. The molecule has 0 atom stereocenters. The molecule has 1 aromatic heterocycles. The van der Waals surface area contributed by atoms with Gasteiger partial charge in [0.15, 0.2) is 0 Å². The standard InChI is InChI=1S/C13H17F3N2O/c14-13(15,16)10-5-6-17-12(7-10)18-8-9-1-3-11(19)4-2-9/h5-7,9,11,19H,1-4,8H2,(H,17,18). The second-order valence-electron chi connectivity index (χ2n) is 4.98. The first-order chi connectivity index (χ1) is 8.95. The highest BCUT2D eigenvalue weighted by atomic mass is 19.4. The van der Waals surface area contributed by atoms with Gasteiger partial charge in [0.05, 0.1) is 11.7 Å². The van der Waals surface area contributed by atoms with Gasteiger partial charge in [-0.3, -0.25) is 0 Å². The van der Waals surface area contributed by atoms with Crippen LogP contribution in [0.2, 0.25) is 0 Å². The van der Waals surface area contributed by atoms with Crippen molar-refractivity contribution in [2.45, 2.75) is 38.0 Å². The molecule has 0 radical (unpaired) electrons. The third-order valence-electron chi connectivity index (χ3n) is 3.48. The lowest BCUT2D eigenvalue weighted by molar-refractivity contribution is -0.137. The molecule has 2 rings (SSSR count). The number of aromatic nitrogens is 1. The molecule has 1 aromatic rings. The Kier molecular flexibility index (Phi) is 4.29. The topological polar surface area (TPSA) is 45.1 Å². The summed E-state index contributed by atoms with van der Waals surface area (Å²) in [6.45, 7) is 0.598. The quantitative estimate of drug-likeness (QED) is 0.890. The summed E-state index contributed by atoms with van der Waals surface area (Å²) in [5.74, 6) is 0.640. The molecule has 19 heavy (non-hydrogen) atoms. The number of anilines is 1. The molecule has 0 aliphatic heterocycles. The number of nitrogens with one attached hydrogen (secondary N) is 1. The van der Waals surface area contributed by atoms with Crippen molar-refractivity contribution in [1.29, 1.82) is 0 Å². The highest BCUT2D eigenvalue weighted by Crippen LogP contribution is 2.30. The van der Waals surface area contributed by atoms with E-state index < -0.39 is 11.7 Å². The predicted molar refractivity (Wildman–Crippen MR) is 65.7 cm³/mol. The van der Waals surface area contributed by atoms with Gasteiger partial charge in [0.25, 0.3) is 0 Å². The van der Waals surface area contributed by atoms with E-state index >= 15 is 0 Å². The van der Waals surface area contributed by atoms with Gasteiger partial charge >= 0.3 is 6.18 Å². The van der Waals surface area contributed by atoms with E-state index in [4.69, 9.17) is 0 Å². The molecule has 0 spiro atoms. The molecule has 1 heterocycles. The van der Waals surface area contributed by atoms with Gasteiger partial charge in [-0.1, -0.05) is 0 Å². The Morgan fingerprint density at radius 2 is 1.95 bits per heavy atom. The van der Waals surface area contributed by atoms with Gasteiger partial charge in [-0.25, -0.2) is 4.98 Å². The summed E-state index contributed by atoms with van der Waals surface area (Å²) < 4.78 is 37.6. The summed E-state index contributed by atoms with van der Waals surface area (Å²) in [6, 6.07) is 1.99. The van der Waals surface area contributed by atoms with Crippen molar-refractivity contribution in [2.24, 2.45) is 5.92 Å². The van der Waals surface area contributed by atoms with Gasteiger partial charge in [0, 0.05) is 12.7 Å². The summed E-state index contributed by atoms with van der Waals surface area (Å²) in [4.78, 5) is 3.89. The lowest BCUT2D eigenvalue weighted by atomic mass is 9.87. The molecule has 0 saturated heterocycles. The van der Waals surface area contributed by atoms with Crippen LogP contribution >= 0.6 is 0 Å². The third kappa shape index (κ3) is 4.09. The monoisotopic (exact) mass is 274 g/mol. The Hall–Kier alpha value is -1.30. The molecule has 6 heteroatoms. The molecule has 106 valence electrons. The van der Waals surface area contributed by atoms with Crippen molar-refractivity contribution in [1.82, 2.24) is 4.98 Å². The fourth-order valence-corrected chi connectivity index (χ4v) is 2.30. The molecule has 0 aromatic carbocycles. The van der Waals surface area contributed by atoms with E-state index in [0.717, 1.165) is 44.0 Å². The molecule has 0 unspecified atom stereocenters. The van der Waals surface area contributed by atoms with Gasteiger partial charge in [0.2, 0.25) is 0 Å². The summed E-state index contributed by atoms with van der Waals surface area (Å²) in [6.07, 6.45) is -0.0716. The van der Waals surface area contributed by atoms with E-state index in [2.05, 4.69) is 10.3 Å². The fourth-order valence-electron chi connectivity index (χ4n) is 2.30. The third-order valence-corrected chi connectivity index (χ3v) is 3.48. The van der Waals surface area contributed by atoms with Crippen LogP contribution in [0.5, 0.6) is 0 Å². The summed E-state index contributed by atoms with van der Waals surface area (Å²) >= 11 is 0. The summed E-state index contributed by atoms with van der Waals surface area (Å²) in [5, 5.41) is 12.3. The molecule has 1 fully saturated rings. The van der Waals surface area contributed by atoms with Gasteiger partial charge in [-0.2, -0.15) is 13.2 Å². The molecule has 0 bridgehead atoms. The maximum absolute atomic E-state index is 12.5. The van der Waals surface area contributed by atoms with Crippen LogP contribution in [0, 0.1) is 5.92 Å². The number of alkyl halides is 3. The molecular weight excluding hydrogens is 257 g/mol. The minimum Gasteiger partial charge on any atom is -0.393 e. The SMILES string of the molecule is OC1CCC(CNc2cc(C(F)(F)F)ccn2)CC1. The van der Waals surface area contributed by atoms with Crippen molar-refractivity contribution in [3.8, 4) is 0 Å². The zero-order chi connectivity index (χ0) is 13.9. The Morgan fingerprint density at radius 1 is 1.26 bits per heavy atom. The number of aliphatic hydroxyl groups is 1. The lowest BCUT2D eigenvalue weighted by Crippen LogP contribution is -2.23. The maximum atomic E-state index is 12.5. The number of pyridine rings is 1. The molecule has 1 aliphatic carbocycles.